The molecule has 0 heterocycles. The number of carbonyl (C=O) groups is 1. The van der Waals surface area contributed by atoms with Crippen LogP contribution in [0.1, 0.15) is 0 Å². The number of nitrogens with zero attached hydrogens (tertiary/aromatic N) is 1. The Morgan fingerprint density at radius 3 is 2.53 bits per heavy atom. The Kier molecular flexibility index (Phi) is 4.93. The van der Waals surface area contributed by atoms with Crippen molar-refractivity contribution in [2.24, 2.45) is 4.99 Å². The number of benzene rings is 1. The lowest BCUT2D eigenvalue weighted by Crippen LogP contribution is -2.39. The molecule has 17 heavy (non-hydrogen) atoms. The van der Waals surface area contributed by atoms with Crippen LogP contribution in [0.2, 0.25) is 0 Å². The number of guanidine groups is 1. The maximum atomic E-state index is 12.6. The molecule has 0 bridgehead atoms. The Labute approximate surface area is 99.1 Å². The molecule has 1 aromatic rings. The van der Waals surface area contributed by atoms with Crippen LogP contribution in [0.15, 0.2) is 29.3 Å². The van der Waals surface area contributed by atoms with Crippen LogP contribution in [0.25, 0.3) is 0 Å². The highest BCUT2D eigenvalue weighted by Crippen LogP contribution is 2.07. The van der Waals surface area contributed by atoms with Crippen LogP contribution in [-0.2, 0) is 4.79 Å². The second-order valence-electron chi connectivity index (χ2n) is 3.23. The smallest absolute Gasteiger partial charge is 0.243 e. The minimum atomic E-state index is -0.336. The summed E-state index contributed by atoms with van der Waals surface area (Å²) in [4.78, 5) is 15.3. The topological polar surface area (TPSA) is 65.5 Å². The van der Waals surface area contributed by atoms with Gasteiger partial charge in [0.05, 0.1) is 6.54 Å². The first-order chi connectivity index (χ1) is 8.15. The van der Waals surface area contributed by atoms with E-state index in [0.717, 1.165) is 0 Å². The minimum Gasteiger partial charge on any atom is -0.359 e. The van der Waals surface area contributed by atoms with Gasteiger partial charge in [0.1, 0.15) is 5.82 Å². The highest BCUT2D eigenvalue weighted by molar-refractivity contribution is 5.94. The van der Waals surface area contributed by atoms with Crippen LogP contribution in [0.3, 0.4) is 0 Å². The largest absolute Gasteiger partial charge is 0.359 e. The Morgan fingerprint density at radius 2 is 2.00 bits per heavy atom. The standard InChI is InChI=1S/C11H15FN4O/c1-13-11(14-2)15-7-10(17)16-9-5-3-8(12)4-6-9/h3-6H,7H2,1-2H3,(H,16,17)(H2,13,14,15). The van der Waals surface area contributed by atoms with E-state index in [-0.39, 0.29) is 18.3 Å². The second-order valence-corrected chi connectivity index (χ2v) is 3.23. The summed E-state index contributed by atoms with van der Waals surface area (Å²) in [6, 6.07) is 5.57. The van der Waals surface area contributed by atoms with Crippen molar-refractivity contribution in [3.8, 4) is 0 Å². The molecule has 0 fully saturated rings. The predicted molar refractivity (Wildman–Crippen MR) is 65.5 cm³/mol. The Morgan fingerprint density at radius 1 is 1.35 bits per heavy atom. The van der Waals surface area contributed by atoms with E-state index < -0.39 is 0 Å². The van der Waals surface area contributed by atoms with Gasteiger partial charge in [0, 0.05) is 19.8 Å². The van der Waals surface area contributed by atoms with Gasteiger partial charge in [0.25, 0.3) is 0 Å². The van der Waals surface area contributed by atoms with Crippen molar-refractivity contribution in [1.29, 1.82) is 0 Å². The van der Waals surface area contributed by atoms with E-state index in [4.69, 9.17) is 0 Å². The third-order valence-electron chi connectivity index (χ3n) is 2.00. The van der Waals surface area contributed by atoms with Gasteiger partial charge in [-0.1, -0.05) is 0 Å². The molecule has 0 radical (unpaired) electrons. The summed E-state index contributed by atoms with van der Waals surface area (Å²) in [5.74, 6) is -0.0380. The number of carbonyl (C=O) groups excluding carboxylic acids is 1. The van der Waals surface area contributed by atoms with Crippen LogP contribution in [0.4, 0.5) is 10.1 Å². The van der Waals surface area contributed by atoms with Crippen molar-refractivity contribution in [1.82, 2.24) is 10.6 Å². The molecule has 0 saturated heterocycles. The number of nitrogens with one attached hydrogen (secondary N) is 3. The molecule has 0 atom stereocenters. The molecular formula is C11H15FN4O. The molecule has 0 aliphatic heterocycles. The van der Waals surface area contributed by atoms with Gasteiger partial charge in [-0.05, 0) is 24.3 Å². The molecule has 3 N–H and O–H groups in total. The molecule has 5 nitrogen and oxygen atoms in total. The number of amides is 1. The normalized spacial score (nSPS) is 10.9. The fourth-order valence-corrected chi connectivity index (χ4v) is 1.18. The van der Waals surface area contributed by atoms with Gasteiger partial charge in [-0.25, -0.2) is 4.39 Å². The zero-order valence-corrected chi connectivity index (χ0v) is 9.75. The van der Waals surface area contributed by atoms with Gasteiger partial charge in [0.15, 0.2) is 5.96 Å². The fraction of sp³-hybridized carbons (Fsp3) is 0.273. The highest BCUT2D eigenvalue weighted by Gasteiger charge is 2.03. The molecule has 6 heteroatoms. The number of halogens is 1. The van der Waals surface area contributed by atoms with E-state index in [0.29, 0.717) is 11.6 Å². The number of anilines is 1. The molecule has 92 valence electrons. The molecule has 0 unspecified atom stereocenters. The van der Waals surface area contributed by atoms with Crippen molar-refractivity contribution >= 4 is 17.6 Å². The maximum Gasteiger partial charge on any atom is 0.243 e. The van der Waals surface area contributed by atoms with E-state index in [1.165, 1.54) is 24.3 Å². The van der Waals surface area contributed by atoms with Gasteiger partial charge in [-0.3, -0.25) is 9.79 Å². The summed E-state index contributed by atoms with van der Waals surface area (Å²) in [6.45, 7) is 0.0882. The quantitative estimate of drug-likeness (QED) is 0.532. The average molecular weight is 238 g/mol. The van der Waals surface area contributed by atoms with Crippen LogP contribution < -0.4 is 16.0 Å². The molecule has 1 aromatic carbocycles. The summed E-state index contributed by atoms with van der Waals surface area (Å²) in [5.41, 5.74) is 0.553. The molecule has 0 aliphatic rings. The molecular weight excluding hydrogens is 223 g/mol. The molecule has 0 spiro atoms. The zero-order chi connectivity index (χ0) is 12.7. The van der Waals surface area contributed by atoms with E-state index in [2.05, 4.69) is 20.9 Å². The lowest BCUT2D eigenvalue weighted by Gasteiger charge is -2.08. The summed E-state index contributed by atoms with van der Waals surface area (Å²) in [7, 11) is 3.31. The highest BCUT2D eigenvalue weighted by atomic mass is 19.1. The number of hydrogen-bond acceptors (Lipinski definition) is 2. The van der Waals surface area contributed by atoms with Crippen LogP contribution in [0.5, 0.6) is 0 Å². The molecule has 0 aliphatic carbocycles. The molecule has 0 saturated carbocycles. The lowest BCUT2D eigenvalue weighted by molar-refractivity contribution is -0.115. The second kappa shape index (κ2) is 6.47. The van der Waals surface area contributed by atoms with Crippen LogP contribution in [-0.4, -0.2) is 32.5 Å². The summed E-state index contributed by atoms with van der Waals surface area (Å²) in [6.07, 6.45) is 0. The Hall–Kier alpha value is -2.11. The van der Waals surface area contributed by atoms with Gasteiger partial charge < -0.3 is 16.0 Å². The summed E-state index contributed by atoms with van der Waals surface area (Å²) >= 11 is 0. The number of rotatable bonds is 3. The first-order valence-corrected chi connectivity index (χ1v) is 5.09. The van der Waals surface area contributed by atoms with E-state index in [9.17, 15) is 9.18 Å². The number of aliphatic imine (C=N–C) groups is 1. The van der Waals surface area contributed by atoms with Crippen molar-refractivity contribution in [3.05, 3.63) is 30.1 Å². The molecule has 1 rings (SSSR count). The van der Waals surface area contributed by atoms with E-state index >= 15 is 0 Å². The summed E-state index contributed by atoms with van der Waals surface area (Å²) in [5, 5.41) is 8.21. The van der Waals surface area contributed by atoms with Gasteiger partial charge in [-0.15, -0.1) is 0 Å². The molecule has 0 aromatic heterocycles. The molecule has 1 amide bonds. The first kappa shape index (κ1) is 13.0. The lowest BCUT2D eigenvalue weighted by atomic mass is 10.3. The van der Waals surface area contributed by atoms with Gasteiger partial charge >= 0.3 is 0 Å². The average Bonchev–Trinajstić information content (AvgIpc) is 2.33. The van der Waals surface area contributed by atoms with Gasteiger partial charge in [0.2, 0.25) is 5.91 Å². The third kappa shape index (κ3) is 4.50. The zero-order valence-electron chi connectivity index (χ0n) is 9.75. The SMILES string of the molecule is CN=C(NC)NCC(=O)Nc1ccc(F)cc1. The Bertz CT molecular complexity index is 402. The predicted octanol–water partition coefficient (Wildman–Crippen LogP) is 0.559. The van der Waals surface area contributed by atoms with E-state index in [1.807, 2.05) is 0 Å². The fourth-order valence-electron chi connectivity index (χ4n) is 1.18. The minimum absolute atomic E-state index is 0.0882. The number of hydrogen-bond donors (Lipinski definition) is 3. The summed E-state index contributed by atoms with van der Waals surface area (Å²) < 4.78 is 12.6. The monoisotopic (exact) mass is 238 g/mol. The Balaban J connectivity index is 2.42. The first-order valence-electron chi connectivity index (χ1n) is 5.09. The third-order valence-corrected chi connectivity index (χ3v) is 2.00. The maximum absolute atomic E-state index is 12.6. The van der Waals surface area contributed by atoms with Gasteiger partial charge in [-0.2, -0.15) is 0 Å². The van der Waals surface area contributed by atoms with Crippen molar-refractivity contribution in [2.45, 2.75) is 0 Å². The van der Waals surface area contributed by atoms with Crippen LogP contribution in [0, 0.1) is 5.82 Å². The van der Waals surface area contributed by atoms with Crippen molar-refractivity contribution in [3.63, 3.8) is 0 Å². The van der Waals surface area contributed by atoms with E-state index in [1.54, 1.807) is 14.1 Å². The van der Waals surface area contributed by atoms with Crippen molar-refractivity contribution in [2.75, 3.05) is 26.0 Å². The van der Waals surface area contributed by atoms with Crippen molar-refractivity contribution < 1.29 is 9.18 Å². The van der Waals surface area contributed by atoms with Crippen LogP contribution >= 0.6 is 0 Å².